The van der Waals surface area contributed by atoms with Crippen LogP contribution in [-0.4, -0.2) is 42.9 Å². The first-order chi connectivity index (χ1) is 13.1. The van der Waals surface area contributed by atoms with E-state index in [2.05, 4.69) is 26.6 Å². The maximum Gasteiger partial charge on any atom is 0.248 e. The van der Waals surface area contributed by atoms with Gasteiger partial charge in [0.25, 0.3) is 0 Å². The molecule has 3 heterocycles. The monoisotopic (exact) mass is 384 g/mol. The van der Waals surface area contributed by atoms with Crippen molar-refractivity contribution in [1.82, 2.24) is 4.90 Å². The Morgan fingerprint density at radius 3 is 2.74 bits per heavy atom. The first kappa shape index (κ1) is 18.0. The molecular weight excluding hydrogens is 360 g/mol. The van der Waals surface area contributed by atoms with Crippen molar-refractivity contribution in [1.29, 1.82) is 0 Å². The average Bonchev–Trinajstić information content (AvgIpc) is 3.32. The van der Waals surface area contributed by atoms with Crippen molar-refractivity contribution >= 4 is 34.5 Å². The zero-order valence-corrected chi connectivity index (χ0v) is 16.1. The zero-order valence-electron chi connectivity index (χ0n) is 15.2. The van der Waals surface area contributed by atoms with E-state index in [1.165, 1.54) is 10.4 Å². The van der Waals surface area contributed by atoms with Crippen LogP contribution in [0.4, 0.5) is 11.4 Å². The van der Waals surface area contributed by atoms with Crippen LogP contribution in [0.3, 0.4) is 0 Å². The van der Waals surface area contributed by atoms with Gasteiger partial charge in [-0.1, -0.05) is 0 Å². The number of carbonyl (C=O) groups excluding carboxylic acids is 2. The maximum atomic E-state index is 12.7. The molecule has 2 aromatic rings. The summed E-state index contributed by atoms with van der Waals surface area (Å²) in [7, 11) is 0. The van der Waals surface area contributed by atoms with Crippen molar-refractivity contribution in [2.24, 2.45) is 5.73 Å². The highest BCUT2D eigenvalue weighted by atomic mass is 32.1. The molecule has 4 rings (SSSR count). The van der Waals surface area contributed by atoms with E-state index in [9.17, 15) is 9.59 Å². The Kier molecular flexibility index (Phi) is 5.13. The minimum Gasteiger partial charge on any atom is -0.370 e. The summed E-state index contributed by atoms with van der Waals surface area (Å²) in [6.45, 7) is 3.97. The zero-order chi connectivity index (χ0) is 18.8. The molecule has 1 aromatic carbocycles. The quantitative estimate of drug-likeness (QED) is 0.830. The summed E-state index contributed by atoms with van der Waals surface area (Å²) in [6, 6.07) is 7.46. The number of fused-ring (bicyclic) bond motifs is 1. The van der Waals surface area contributed by atoms with E-state index in [1.807, 2.05) is 6.07 Å². The van der Waals surface area contributed by atoms with Crippen molar-refractivity contribution in [3.63, 3.8) is 0 Å². The predicted molar refractivity (Wildman–Crippen MR) is 108 cm³/mol. The molecule has 0 radical (unpaired) electrons. The second-order valence-corrected chi connectivity index (χ2v) is 8.17. The van der Waals surface area contributed by atoms with Crippen LogP contribution in [0.2, 0.25) is 0 Å². The molecule has 1 saturated heterocycles. The van der Waals surface area contributed by atoms with Crippen LogP contribution >= 0.6 is 11.3 Å². The van der Waals surface area contributed by atoms with Crippen molar-refractivity contribution in [2.75, 3.05) is 36.4 Å². The third-order valence-electron chi connectivity index (χ3n) is 5.26. The molecule has 1 aromatic heterocycles. The van der Waals surface area contributed by atoms with Gasteiger partial charge in [0.1, 0.15) is 0 Å². The summed E-state index contributed by atoms with van der Waals surface area (Å²) in [5.74, 6) is -0.546. The number of carbonyl (C=O) groups is 2. The van der Waals surface area contributed by atoms with Crippen molar-refractivity contribution in [2.45, 2.75) is 25.8 Å². The SMILES string of the molecule is NC(=O)c1ccc(N2CCCC2)c(NC(=O)CN2CCc3sccc3C2)c1. The normalized spacial score (nSPS) is 17.0. The van der Waals surface area contributed by atoms with Crippen molar-refractivity contribution < 1.29 is 9.59 Å². The lowest BCUT2D eigenvalue weighted by atomic mass is 10.1. The van der Waals surface area contributed by atoms with Crippen LogP contribution in [0.15, 0.2) is 29.6 Å². The lowest BCUT2D eigenvalue weighted by molar-refractivity contribution is -0.117. The fourth-order valence-corrected chi connectivity index (χ4v) is 4.75. The topological polar surface area (TPSA) is 78.7 Å². The van der Waals surface area contributed by atoms with Gasteiger partial charge in [-0.25, -0.2) is 0 Å². The Bertz CT molecular complexity index is 857. The summed E-state index contributed by atoms with van der Waals surface area (Å²) in [5, 5.41) is 5.14. The van der Waals surface area contributed by atoms with E-state index >= 15 is 0 Å². The number of rotatable bonds is 5. The van der Waals surface area contributed by atoms with E-state index < -0.39 is 5.91 Å². The van der Waals surface area contributed by atoms with Crippen LogP contribution in [0.25, 0.3) is 0 Å². The molecule has 0 atom stereocenters. The highest BCUT2D eigenvalue weighted by Gasteiger charge is 2.21. The molecule has 27 heavy (non-hydrogen) atoms. The molecular formula is C20H24N4O2S. The molecule has 0 unspecified atom stereocenters. The first-order valence-corrected chi connectivity index (χ1v) is 10.2. The lowest BCUT2D eigenvalue weighted by Crippen LogP contribution is -2.36. The van der Waals surface area contributed by atoms with E-state index in [0.717, 1.165) is 51.1 Å². The minimum atomic E-state index is -0.487. The molecule has 0 aliphatic carbocycles. The van der Waals surface area contributed by atoms with Crippen LogP contribution in [-0.2, 0) is 17.8 Å². The number of anilines is 2. The molecule has 0 saturated carbocycles. The number of hydrogen-bond acceptors (Lipinski definition) is 5. The second kappa shape index (κ2) is 7.70. The molecule has 142 valence electrons. The number of amides is 2. The summed E-state index contributed by atoms with van der Waals surface area (Å²) >= 11 is 1.79. The highest BCUT2D eigenvalue weighted by molar-refractivity contribution is 7.10. The molecule has 6 nitrogen and oxygen atoms in total. The molecule has 2 aliphatic heterocycles. The Morgan fingerprint density at radius 1 is 1.15 bits per heavy atom. The fourth-order valence-electron chi connectivity index (χ4n) is 3.86. The molecule has 1 fully saturated rings. The molecule has 0 bridgehead atoms. The van der Waals surface area contributed by atoms with Gasteiger partial charge in [0.15, 0.2) is 0 Å². The van der Waals surface area contributed by atoms with Gasteiger partial charge < -0.3 is 16.0 Å². The van der Waals surface area contributed by atoms with Crippen LogP contribution in [0, 0.1) is 0 Å². The van der Waals surface area contributed by atoms with Crippen molar-refractivity contribution in [3.8, 4) is 0 Å². The van der Waals surface area contributed by atoms with E-state index in [-0.39, 0.29) is 5.91 Å². The third kappa shape index (κ3) is 3.99. The van der Waals surface area contributed by atoms with Gasteiger partial charge >= 0.3 is 0 Å². The number of nitrogens with zero attached hydrogens (tertiary/aromatic N) is 2. The van der Waals surface area contributed by atoms with Gasteiger partial charge in [-0.3, -0.25) is 14.5 Å². The van der Waals surface area contributed by atoms with Crippen LogP contribution in [0.1, 0.15) is 33.6 Å². The summed E-state index contributed by atoms with van der Waals surface area (Å²) in [5.41, 5.74) is 8.80. The predicted octanol–water partition coefficient (Wildman–Crippen LogP) is 2.44. The smallest absolute Gasteiger partial charge is 0.248 e. The van der Waals surface area contributed by atoms with Gasteiger partial charge in [-0.15, -0.1) is 11.3 Å². The second-order valence-electron chi connectivity index (χ2n) is 7.17. The van der Waals surface area contributed by atoms with Crippen LogP contribution in [0.5, 0.6) is 0 Å². The molecule has 3 N–H and O–H groups in total. The van der Waals surface area contributed by atoms with E-state index in [4.69, 9.17) is 5.73 Å². The standard InChI is InChI=1S/C20H24N4O2S/c21-20(26)14-3-4-17(24-7-1-2-8-24)16(11-14)22-19(25)13-23-9-5-18-15(12-23)6-10-27-18/h3-4,6,10-11H,1-2,5,7-9,12-13H2,(H2,21,26)(H,22,25). The number of nitrogens with two attached hydrogens (primary N) is 1. The highest BCUT2D eigenvalue weighted by Crippen LogP contribution is 2.30. The molecule has 0 spiro atoms. The molecule has 7 heteroatoms. The summed E-state index contributed by atoms with van der Waals surface area (Å²) < 4.78 is 0. The van der Waals surface area contributed by atoms with E-state index in [0.29, 0.717) is 17.8 Å². The Balaban J connectivity index is 1.48. The van der Waals surface area contributed by atoms with Crippen LogP contribution < -0.4 is 16.0 Å². The maximum absolute atomic E-state index is 12.7. The minimum absolute atomic E-state index is 0.0595. The Morgan fingerprint density at radius 2 is 1.96 bits per heavy atom. The summed E-state index contributed by atoms with van der Waals surface area (Å²) in [4.78, 5) is 30.1. The number of thiophene rings is 1. The fraction of sp³-hybridized carbons (Fsp3) is 0.400. The van der Waals surface area contributed by atoms with Gasteiger partial charge in [-0.2, -0.15) is 0 Å². The Labute approximate surface area is 162 Å². The van der Waals surface area contributed by atoms with Gasteiger partial charge in [0, 0.05) is 36.6 Å². The van der Waals surface area contributed by atoms with Crippen molar-refractivity contribution in [3.05, 3.63) is 45.6 Å². The largest absolute Gasteiger partial charge is 0.370 e. The number of primary amides is 1. The number of benzene rings is 1. The van der Waals surface area contributed by atoms with Gasteiger partial charge in [0.05, 0.1) is 17.9 Å². The third-order valence-corrected chi connectivity index (χ3v) is 6.28. The van der Waals surface area contributed by atoms with Gasteiger partial charge in [0.2, 0.25) is 11.8 Å². The first-order valence-electron chi connectivity index (χ1n) is 9.36. The number of hydrogen-bond donors (Lipinski definition) is 2. The lowest BCUT2D eigenvalue weighted by Gasteiger charge is -2.27. The molecule has 2 aliphatic rings. The number of nitrogens with one attached hydrogen (secondary N) is 1. The van der Waals surface area contributed by atoms with E-state index in [1.54, 1.807) is 23.5 Å². The molecule has 2 amide bonds. The summed E-state index contributed by atoms with van der Waals surface area (Å²) in [6.07, 6.45) is 3.28. The average molecular weight is 385 g/mol. The Hall–Kier alpha value is -2.38. The van der Waals surface area contributed by atoms with Gasteiger partial charge in [-0.05, 0) is 54.5 Å².